The fraction of sp³-hybridized carbons (Fsp3) is 0.692. The third-order valence-electron chi connectivity index (χ3n) is 6.77. The summed E-state index contributed by atoms with van der Waals surface area (Å²) in [5, 5.41) is 9.37. The summed E-state index contributed by atoms with van der Waals surface area (Å²) in [6.45, 7) is 6.09. The number of allylic oxidation sites excluding steroid dienone is 2. The molecule has 2 aliphatic rings. The average molecular weight is 401 g/mol. The Morgan fingerprint density at radius 1 is 1.07 bits per heavy atom. The largest absolute Gasteiger partial charge is 0.396 e. The van der Waals surface area contributed by atoms with Gasteiger partial charge in [-0.15, -0.1) is 0 Å². The molecule has 0 aliphatic carbocycles. The second-order valence-electron chi connectivity index (χ2n) is 9.72. The minimum Gasteiger partial charge on any atom is -0.396 e. The first kappa shape index (κ1) is 22.5. The van der Waals surface area contributed by atoms with Gasteiger partial charge < -0.3 is 14.6 Å². The van der Waals surface area contributed by atoms with E-state index in [1.165, 1.54) is 31.2 Å². The molecule has 2 heterocycles. The van der Waals surface area contributed by atoms with E-state index in [-0.39, 0.29) is 12.0 Å². The maximum atomic E-state index is 9.37. The number of aliphatic hydroxyl groups excluding tert-OH is 1. The van der Waals surface area contributed by atoms with Gasteiger partial charge >= 0.3 is 0 Å². The monoisotopic (exact) mass is 400 g/mol. The lowest BCUT2D eigenvalue weighted by molar-refractivity contribution is 0.0852. The normalized spacial score (nSPS) is 26.6. The van der Waals surface area contributed by atoms with Gasteiger partial charge in [0.25, 0.3) is 0 Å². The molecule has 0 amide bonds. The summed E-state index contributed by atoms with van der Waals surface area (Å²) in [5.41, 5.74) is 1.29. The summed E-state index contributed by atoms with van der Waals surface area (Å²) < 4.78 is 12.1. The second kappa shape index (κ2) is 11.3. The van der Waals surface area contributed by atoms with Gasteiger partial charge in [0.1, 0.15) is 0 Å². The predicted octanol–water partition coefficient (Wildman–Crippen LogP) is 5.91. The van der Waals surface area contributed by atoms with Crippen LogP contribution in [0.3, 0.4) is 0 Å². The molecular formula is C26H40O3. The van der Waals surface area contributed by atoms with Crippen LogP contribution in [-0.4, -0.2) is 30.5 Å². The maximum absolute atomic E-state index is 9.37. The number of hydrogen-bond donors (Lipinski definition) is 1. The summed E-state index contributed by atoms with van der Waals surface area (Å²) in [5.74, 6) is 1.42. The molecule has 2 bridgehead atoms. The van der Waals surface area contributed by atoms with Crippen molar-refractivity contribution in [3.8, 4) is 0 Å². The smallest absolute Gasteiger partial charge is 0.0716 e. The average Bonchev–Trinajstić information content (AvgIpc) is 3.33. The summed E-state index contributed by atoms with van der Waals surface area (Å²) in [6, 6.07) is 10.4. The topological polar surface area (TPSA) is 38.7 Å². The highest BCUT2D eigenvalue weighted by atomic mass is 16.5. The van der Waals surface area contributed by atoms with E-state index in [1.807, 2.05) is 6.07 Å². The van der Waals surface area contributed by atoms with Crippen LogP contribution in [0.5, 0.6) is 0 Å². The third-order valence-corrected chi connectivity index (χ3v) is 6.77. The summed E-state index contributed by atoms with van der Waals surface area (Å²) in [4.78, 5) is 0. The zero-order valence-corrected chi connectivity index (χ0v) is 18.4. The van der Waals surface area contributed by atoms with E-state index in [1.54, 1.807) is 0 Å². The van der Waals surface area contributed by atoms with Gasteiger partial charge in [0.05, 0.1) is 18.8 Å². The lowest BCUT2D eigenvalue weighted by Crippen LogP contribution is -2.26. The fourth-order valence-corrected chi connectivity index (χ4v) is 4.87. The molecule has 3 nitrogen and oxygen atoms in total. The Bertz CT molecular complexity index is 610. The molecule has 1 aromatic carbocycles. The number of ether oxygens (including phenoxy) is 2. The van der Waals surface area contributed by atoms with Crippen LogP contribution in [0.2, 0.25) is 0 Å². The zero-order chi connectivity index (χ0) is 20.5. The molecule has 29 heavy (non-hydrogen) atoms. The van der Waals surface area contributed by atoms with Crippen LogP contribution in [0.15, 0.2) is 42.5 Å². The van der Waals surface area contributed by atoms with Gasteiger partial charge in [0.15, 0.2) is 0 Å². The van der Waals surface area contributed by atoms with Gasteiger partial charge in [-0.25, -0.2) is 0 Å². The first-order chi connectivity index (χ1) is 14.1. The van der Waals surface area contributed by atoms with Crippen molar-refractivity contribution in [2.75, 3.05) is 13.2 Å². The van der Waals surface area contributed by atoms with E-state index < -0.39 is 0 Å². The van der Waals surface area contributed by atoms with Crippen molar-refractivity contribution >= 4 is 0 Å². The molecule has 1 aromatic rings. The number of hydrogen-bond acceptors (Lipinski definition) is 3. The Balaban J connectivity index is 1.33. The Morgan fingerprint density at radius 2 is 1.83 bits per heavy atom. The Kier molecular flexibility index (Phi) is 8.77. The van der Waals surface area contributed by atoms with Gasteiger partial charge in [-0.1, -0.05) is 62.8 Å². The van der Waals surface area contributed by atoms with E-state index in [2.05, 4.69) is 50.3 Å². The molecule has 0 spiro atoms. The van der Waals surface area contributed by atoms with Crippen LogP contribution in [0.4, 0.5) is 0 Å². The predicted molar refractivity (Wildman–Crippen MR) is 119 cm³/mol. The van der Waals surface area contributed by atoms with E-state index >= 15 is 0 Å². The number of rotatable bonds is 13. The number of unbranched alkanes of at least 4 members (excludes halogenated alkanes) is 1. The first-order valence-electron chi connectivity index (χ1n) is 11.6. The maximum Gasteiger partial charge on any atom is 0.0716 e. The molecule has 3 rings (SSSR count). The van der Waals surface area contributed by atoms with Crippen molar-refractivity contribution in [3.63, 3.8) is 0 Å². The Hall–Kier alpha value is -1.16. The molecule has 2 saturated heterocycles. The van der Waals surface area contributed by atoms with Crippen molar-refractivity contribution in [3.05, 3.63) is 48.0 Å². The summed E-state index contributed by atoms with van der Waals surface area (Å²) >= 11 is 0. The zero-order valence-electron chi connectivity index (χ0n) is 18.4. The minimum atomic E-state index is 0.0327. The Labute approximate surface area is 177 Å². The molecule has 2 aliphatic heterocycles. The molecule has 0 saturated carbocycles. The van der Waals surface area contributed by atoms with Gasteiger partial charge in [-0.3, -0.25) is 0 Å². The Morgan fingerprint density at radius 3 is 2.59 bits per heavy atom. The fourth-order valence-electron chi connectivity index (χ4n) is 4.87. The van der Waals surface area contributed by atoms with Crippen LogP contribution in [0.25, 0.3) is 0 Å². The van der Waals surface area contributed by atoms with Crippen LogP contribution in [-0.2, 0) is 16.1 Å². The standard InChI is InChI=1S/C26H40O3/c1-26(2,20-27)17-9-4-7-13-22-23(25-16-15-24(22)29-25)14-8-10-18-28-19-21-11-5-3-6-12-21/h3-7,11-12,22-25,27H,8-10,13-20H2,1-2H3/t22-,23+,24-,25+/m0/s1. The number of aliphatic hydroxyl groups is 1. The van der Waals surface area contributed by atoms with Crippen molar-refractivity contribution < 1.29 is 14.6 Å². The van der Waals surface area contributed by atoms with Crippen LogP contribution in [0, 0.1) is 17.3 Å². The van der Waals surface area contributed by atoms with Crippen LogP contribution < -0.4 is 0 Å². The molecule has 0 unspecified atom stereocenters. The molecule has 0 aromatic heterocycles. The quantitative estimate of drug-likeness (QED) is 0.330. The van der Waals surface area contributed by atoms with Crippen molar-refractivity contribution in [1.82, 2.24) is 0 Å². The van der Waals surface area contributed by atoms with Crippen molar-refractivity contribution in [2.45, 2.75) is 84.0 Å². The highest BCUT2D eigenvalue weighted by molar-refractivity contribution is 5.13. The molecule has 162 valence electrons. The molecule has 2 fully saturated rings. The number of fused-ring (bicyclic) bond motifs is 2. The van der Waals surface area contributed by atoms with E-state index in [0.29, 0.717) is 18.1 Å². The summed E-state index contributed by atoms with van der Waals surface area (Å²) in [6.07, 6.45) is 15.1. The molecular weight excluding hydrogens is 360 g/mol. The number of benzene rings is 1. The molecule has 1 N–H and O–H groups in total. The lowest BCUT2D eigenvalue weighted by Gasteiger charge is -2.27. The van der Waals surface area contributed by atoms with Gasteiger partial charge in [-0.2, -0.15) is 0 Å². The second-order valence-corrected chi connectivity index (χ2v) is 9.72. The lowest BCUT2D eigenvalue weighted by atomic mass is 9.75. The molecule has 4 atom stereocenters. The van der Waals surface area contributed by atoms with Crippen LogP contribution in [0.1, 0.15) is 70.8 Å². The summed E-state index contributed by atoms with van der Waals surface area (Å²) in [7, 11) is 0. The highest BCUT2D eigenvalue weighted by Gasteiger charge is 2.47. The van der Waals surface area contributed by atoms with Gasteiger partial charge in [0, 0.05) is 13.2 Å². The molecule has 3 heteroatoms. The minimum absolute atomic E-state index is 0.0327. The van der Waals surface area contributed by atoms with Gasteiger partial charge in [0.2, 0.25) is 0 Å². The third kappa shape index (κ3) is 6.94. The first-order valence-corrected chi connectivity index (χ1v) is 11.6. The highest BCUT2D eigenvalue weighted by Crippen LogP contribution is 2.47. The van der Waals surface area contributed by atoms with Crippen molar-refractivity contribution in [1.29, 1.82) is 0 Å². The SMILES string of the molecule is CC(C)(CO)CCC=CC[C@H]1[C@@H](CCCCOCc2ccccc2)[C@H]2CC[C@@H]1O2. The van der Waals surface area contributed by atoms with Crippen molar-refractivity contribution in [2.24, 2.45) is 17.3 Å². The van der Waals surface area contributed by atoms with E-state index in [4.69, 9.17) is 9.47 Å². The molecule has 0 radical (unpaired) electrons. The van der Waals surface area contributed by atoms with E-state index in [9.17, 15) is 5.11 Å². The van der Waals surface area contributed by atoms with Crippen LogP contribution >= 0.6 is 0 Å². The van der Waals surface area contributed by atoms with Gasteiger partial charge in [-0.05, 0) is 67.8 Å². The van der Waals surface area contributed by atoms with E-state index in [0.717, 1.165) is 44.8 Å².